The monoisotopic (exact) mass is 429 g/mol. The molecule has 3 heterocycles. The molecule has 1 aliphatic rings. The maximum absolute atomic E-state index is 12.9. The van der Waals surface area contributed by atoms with E-state index in [1.165, 1.54) is 6.07 Å². The molecule has 0 spiro atoms. The van der Waals surface area contributed by atoms with Crippen molar-refractivity contribution < 1.29 is 9.59 Å². The SMILES string of the molecule is O=C(NCc1cccnc1)c1cc2n(n1)CCN(Cc1c(Cl)cccc1Cl)C2=O. The number of nitrogens with zero attached hydrogens (tertiary/aromatic N) is 4. The van der Waals surface area contributed by atoms with Gasteiger partial charge in [0, 0.05) is 53.7 Å². The molecule has 148 valence electrons. The number of carbonyl (C=O) groups is 2. The van der Waals surface area contributed by atoms with Gasteiger partial charge in [0.1, 0.15) is 5.69 Å². The standard InChI is InChI=1S/C20H17Cl2N5O2/c21-15-4-1-5-16(22)14(15)12-26-7-8-27-18(20(26)29)9-17(25-27)19(28)24-11-13-3-2-6-23-10-13/h1-6,9-10H,7-8,11-12H2,(H,24,28). The van der Waals surface area contributed by atoms with Gasteiger partial charge in [0.15, 0.2) is 5.69 Å². The van der Waals surface area contributed by atoms with E-state index in [1.54, 1.807) is 46.2 Å². The van der Waals surface area contributed by atoms with Gasteiger partial charge in [-0.1, -0.05) is 35.3 Å². The molecule has 0 atom stereocenters. The minimum absolute atomic E-state index is 0.204. The van der Waals surface area contributed by atoms with Crippen molar-refractivity contribution in [2.45, 2.75) is 19.6 Å². The Labute approximate surface area is 177 Å². The van der Waals surface area contributed by atoms with Gasteiger partial charge in [-0.3, -0.25) is 19.3 Å². The molecule has 29 heavy (non-hydrogen) atoms. The third-order valence-corrected chi connectivity index (χ3v) is 5.40. The predicted octanol–water partition coefficient (Wildman–Crippen LogP) is 3.17. The smallest absolute Gasteiger partial charge is 0.272 e. The number of aromatic nitrogens is 3. The van der Waals surface area contributed by atoms with Gasteiger partial charge in [-0.25, -0.2) is 0 Å². The number of hydrogen-bond acceptors (Lipinski definition) is 4. The largest absolute Gasteiger partial charge is 0.347 e. The zero-order valence-electron chi connectivity index (χ0n) is 15.3. The highest BCUT2D eigenvalue weighted by Crippen LogP contribution is 2.27. The van der Waals surface area contributed by atoms with E-state index in [2.05, 4.69) is 15.4 Å². The molecule has 3 aromatic rings. The zero-order valence-corrected chi connectivity index (χ0v) is 16.8. The fraction of sp³-hybridized carbons (Fsp3) is 0.200. The molecule has 0 fully saturated rings. The Kier molecular flexibility index (Phi) is 5.51. The molecule has 1 N–H and O–H groups in total. The number of nitrogens with one attached hydrogen (secondary N) is 1. The summed E-state index contributed by atoms with van der Waals surface area (Å²) in [6.07, 6.45) is 3.35. The second-order valence-electron chi connectivity index (χ2n) is 6.61. The quantitative estimate of drug-likeness (QED) is 0.675. The van der Waals surface area contributed by atoms with Gasteiger partial charge in [-0.05, 0) is 23.8 Å². The number of amides is 2. The summed E-state index contributed by atoms with van der Waals surface area (Å²) >= 11 is 12.5. The minimum Gasteiger partial charge on any atom is -0.347 e. The van der Waals surface area contributed by atoms with Crippen molar-refractivity contribution in [1.29, 1.82) is 0 Å². The fourth-order valence-electron chi connectivity index (χ4n) is 3.15. The predicted molar refractivity (Wildman–Crippen MR) is 109 cm³/mol. The van der Waals surface area contributed by atoms with Crippen molar-refractivity contribution in [3.63, 3.8) is 0 Å². The lowest BCUT2D eigenvalue weighted by atomic mass is 10.2. The molecular weight excluding hydrogens is 413 g/mol. The van der Waals surface area contributed by atoms with Crippen molar-refractivity contribution in [3.05, 3.63) is 81.4 Å². The highest BCUT2D eigenvalue weighted by molar-refractivity contribution is 6.36. The van der Waals surface area contributed by atoms with Gasteiger partial charge >= 0.3 is 0 Å². The molecule has 4 rings (SSSR count). The number of halogens is 2. The van der Waals surface area contributed by atoms with E-state index in [0.29, 0.717) is 47.5 Å². The molecule has 0 bridgehead atoms. The lowest BCUT2D eigenvalue weighted by Gasteiger charge is -2.28. The van der Waals surface area contributed by atoms with Crippen LogP contribution in [0.1, 0.15) is 32.1 Å². The number of benzene rings is 1. The van der Waals surface area contributed by atoms with Crippen molar-refractivity contribution in [3.8, 4) is 0 Å². The topological polar surface area (TPSA) is 80.1 Å². The summed E-state index contributed by atoms with van der Waals surface area (Å²) in [6, 6.07) is 10.4. The summed E-state index contributed by atoms with van der Waals surface area (Å²) in [7, 11) is 0. The second kappa shape index (κ2) is 8.23. The molecule has 0 saturated heterocycles. The Hall–Kier alpha value is -2.90. The summed E-state index contributed by atoms with van der Waals surface area (Å²) in [5, 5.41) is 8.10. The summed E-state index contributed by atoms with van der Waals surface area (Å²) in [4.78, 5) is 31.0. The number of rotatable bonds is 5. The molecule has 9 heteroatoms. The Morgan fingerprint density at radius 2 is 1.93 bits per heavy atom. The van der Waals surface area contributed by atoms with Crippen LogP contribution in [0.3, 0.4) is 0 Å². The lowest BCUT2D eigenvalue weighted by Crippen LogP contribution is -2.39. The first-order valence-corrected chi connectivity index (χ1v) is 9.75. The molecular formula is C20H17Cl2N5O2. The van der Waals surface area contributed by atoms with Gasteiger partial charge < -0.3 is 10.2 Å². The first-order chi connectivity index (χ1) is 14.0. The molecule has 0 aliphatic carbocycles. The van der Waals surface area contributed by atoms with Crippen LogP contribution in [-0.4, -0.2) is 38.0 Å². The van der Waals surface area contributed by atoms with Gasteiger partial charge in [0.2, 0.25) is 0 Å². The van der Waals surface area contributed by atoms with E-state index < -0.39 is 0 Å². The fourth-order valence-corrected chi connectivity index (χ4v) is 3.67. The second-order valence-corrected chi connectivity index (χ2v) is 7.42. The maximum atomic E-state index is 12.9. The molecule has 0 unspecified atom stereocenters. The minimum atomic E-state index is -0.343. The van der Waals surface area contributed by atoms with Crippen molar-refractivity contribution in [2.24, 2.45) is 0 Å². The van der Waals surface area contributed by atoms with Crippen LogP contribution in [0, 0.1) is 0 Å². The van der Waals surface area contributed by atoms with Crippen LogP contribution >= 0.6 is 23.2 Å². The van der Waals surface area contributed by atoms with Gasteiger partial charge in [0.05, 0.1) is 6.54 Å². The normalized spacial score (nSPS) is 13.3. The van der Waals surface area contributed by atoms with Crippen molar-refractivity contribution in [1.82, 2.24) is 25.0 Å². The van der Waals surface area contributed by atoms with Gasteiger partial charge in [-0.2, -0.15) is 5.10 Å². The van der Waals surface area contributed by atoms with E-state index in [0.717, 1.165) is 5.56 Å². The number of carbonyl (C=O) groups excluding carboxylic acids is 2. The van der Waals surface area contributed by atoms with Crippen LogP contribution in [-0.2, 0) is 19.6 Å². The van der Waals surface area contributed by atoms with E-state index >= 15 is 0 Å². The van der Waals surface area contributed by atoms with E-state index in [9.17, 15) is 9.59 Å². The number of hydrogen-bond donors (Lipinski definition) is 1. The molecule has 1 aliphatic heterocycles. The molecule has 1 aromatic carbocycles. The van der Waals surface area contributed by atoms with E-state index in [1.807, 2.05) is 6.07 Å². The first kappa shape index (κ1) is 19.4. The Bertz CT molecular complexity index is 1050. The molecule has 7 nitrogen and oxygen atoms in total. The van der Waals surface area contributed by atoms with E-state index in [4.69, 9.17) is 23.2 Å². The van der Waals surface area contributed by atoms with Gasteiger partial charge in [0.25, 0.3) is 11.8 Å². The summed E-state index contributed by atoms with van der Waals surface area (Å²) in [5.74, 6) is -0.560. The summed E-state index contributed by atoms with van der Waals surface area (Å²) < 4.78 is 1.56. The molecule has 2 aromatic heterocycles. The number of fused-ring (bicyclic) bond motifs is 1. The highest BCUT2D eigenvalue weighted by atomic mass is 35.5. The van der Waals surface area contributed by atoms with Crippen molar-refractivity contribution >= 4 is 35.0 Å². The Balaban J connectivity index is 1.47. The molecule has 0 saturated carbocycles. The lowest BCUT2D eigenvalue weighted by molar-refractivity contribution is 0.0683. The summed E-state index contributed by atoms with van der Waals surface area (Å²) in [5.41, 5.74) is 2.15. The molecule has 2 amide bonds. The molecule has 0 radical (unpaired) electrons. The third kappa shape index (κ3) is 4.11. The van der Waals surface area contributed by atoms with Crippen LogP contribution in [0.15, 0.2) is 48.8 Å². The average Bonchev–Trinajstić information content (AvgIpc) is 3.17. The Morgan fingerprint density at radius 3 is 2.66 bits per heavy atom. The first-order valence-electron chi connectivity index (χ1n) is 9.00. The van der Waals surface area contributed by atoms with Crippen molar-refractivity contribution in [2.75, 3.05) is 6.54 Å². The third-order valence-electron chi connectivity index (χ3n) is 4.69. The van der Waals surface area contributed by atoms with Crippen LogP contribution in [0.25, 0.3) is 0 Å². The van der Waals surface area contributed by atoms with Gasteiger partial charge in [-0.15, -0.1) is 0 Å². The van der Waals surface area contributed by atoms with Crippen LogP contribution < -0.4 is 5.32 Å². The van der Waals surface area contributed by atoms with Crippen LogP contribution in [0.4, 0.5) is 0 Å². The average molecular weight is 430 g/mol. The van der Waals surface area contributed by atoms with Crippen LogP contribution in [0.5, 0.6) is 0 Å². The zero-order chi connectivity index (χ0) is 20.4. The Morgan fingerprint density at radius 1 is 1.14 bits per heavy atom. The van der Waals surface area contributed by atoms with Crippen LogP contribution in [0.2, 0.25) is 10.0 Å². The number of pyridine rings is 1. The summed E-state index contributed by atoms with van der Waals surface area (Å²) in [6.45, 7) is 1.57. The maximum Gasteiger partial charge on any atom is 0.272 e. The van der Waals surface area contributed by atoms with E-state index in [-0.39, 0.29) is 17.5 Å². The highest BCUT2D eigenvalue weighted by Gasteiger charge is 2.28.